The molecular formula is C18H14N4O3S. The molecule has 0 radical (unpaired) electrons. The van der Waals surface area contributed by atoms with Gasteiger partial charge in [0.15, 0.2) is 11.0 Å². The molecule has 0 saturated heterocycles. The van der Waals surface area contributed by atoms with E-state index in [4.69, 9.17) is 4.42 Å². The highest BCUT2D eigenvalue weighted by molar-refractivity contribution is 7.98. The summed E-state index contributed by atoms with van der Waals surface area (Å²) in [6.45, 7) is 0. The normalized spacial score (nSPS) is 11.1. The zero-order valence-corrected chi connectivity index (χ0v) is 14.6. The standard InChI is InChI=1S/C18H14N4O3S/c1-22-17(11-4-6-19-7-5-11)20-21-18(22)26-10-12-8-16(24)25-15-9-13(23)2-3-14(12)15/h2-9,23H,10H2,1H3. The number of hydrogen-bond acceptors (Lipinski definition) is 7. The van der Waals surface area contributed by atoms with Crippen molar-refractivity contribution in [3.05, 3.63) is 64.8 Å². The van der Waals surface area contributed by atoms with Gasteiger partial charge in [0, 0.05) is 48.3 Å². The summed E-state index contributed by atoms with van der Waals surface area (Å²) < 4.78 is 7.06. The van der Waals surface area contributed by atoms with Gasteiger partial charge in [0.05, 0.1) is 0 Å². The van der Waals surface area contributed by atoms with E-state index in [1.54, 1.807) is 24.5 Å². The fraction of sp³-hybridized carbons (Fsp3) is 0.111. The van der Waals surface area contributed by atoms with Crippen LogP contribution < -0.4 is 5.63 Å². The van der Waals surface area contributed by atoms with Gasteiger partial charge in [-0.1, -0.05) is 11.8 Å². The summed E-state index contributed by atoms with van der Waals surface area (Å²) in [5, 5.41) is 19.6. The lowest BCUT2D eigenvalue weighted by Crippen LogP contribution is -2.00. The molecule has 0 amide bonds. The van der Waals surface area contributed by atoms with E-state index in [-0.39, 0.29) is 5.75 Å². The van der Waals surface area contributed by atoms with Crippen molar-refractivity contribution in [2.75, 3.05) is 0 Å². The smallest absolute Gasteiger partial charge is 0.336 e. The van der Waals surface area contributed by atoms with E-state index in [1.165, 1.54) is 23.9 Å². The second-order valence-corrected chi connectivity index (χ2v) is 6.60. The maximum atomic E-state index is 11.8. The summed E-state index contributed by atoms with van der Waals surface area (Å²) in [6.07, 6.45) is 3.42. The summed E-state index contributed by atoms with van der Waals surface area (Å²) in [4.78, 5) is 15.8. The van der Waals surface area contributed by atoms with Crippen LogP contribution in [-0.4, -0.2) is 24.9 Å². The van der Waals surface area contributed by atoms with E-state index >= 15 is 0 Å². The fourth-order valence-electron chi connectivity index (χ4n) is 2.67. The zero-order chi connectivity index (χ0) is 18.1. The molecule has 7 nitrogen and oxygen atoms in total. The number of benzene rings is 1. The maximum absolute atomic E-state index is 11.8. The number of aromatic hydroxyl groups is 1. The van der Waals surface area contributed by atoms with Crippen molar-refractivity contribution in [2.45, 2.75) is 10.9 Å². The zero-order valence-electron chi connectivity index (χ0n) is 13.8. The molecule has 0 unspecified atom stereocenters. The van der Waals surface area contributed by atoms with Crippen molar-refractivity contribution < 1.29 is 9.52 Å². The molecule has 26 heavy (non-hydrogen) atoms. The van der Waals surface area contributed by atoms with Gasteiger partial charge in [-0.2, -0.15) is 0 Å². The average molecular weight is 366 g/mol. The molecule has 3 heterocycles. The molecule has 0 aliphatic carbocycles. The summed E-state index contributed by atoms with van der Waals surface area (Å²) >= 11 is 1.47. The number of phenols is 1. The highest BCUT2D eigenvalue weighted by Crippen LogP contribution is 2.28. The molecule has 1 N–H and O–H groups in total. The second-order valence-electron chi connectivity index (χ2n) is 5.66. The summed E-state index contributed by atoms with van der Waals surface area (Å²) in [6, 6.07) is 9.96. The molecule has 0 bridgehead atoms. The maximum Gasteiger partial charge on any atom is 0.336 e. The van der Waals surface area contributed by atoms with Crippen LogP contribution in [0.1, 0.15) is 5.56 Å². The molecular weight excluding hydrogens is 352 g/mol. The van der Waals surface area contributed by atoms with Gasteiger partial charge in [0.25, 0.3) is 0 Å². The van der Waals surface area contributed by atoms with Gasteiger partial charge in [-0.05, 0) is 29.8 Å². The highest BCUT2D eigenvalue weighted by Gasteiger charge is 2.13. The van der Waals surface area contributed by atoms with E-state index in [2.05, 4.69) is 15.2 Å². The average Bonchev–Trinajstić information content (AvgIpc) is 3.00. The lowest BCUT2D eigenvalue weighted by molar-refractivity contribution is 0.473. The van der Waals surface area contributed by atoms with E-state index in [1.807, 2.05) is 23.7 Å². The number of nitrogens with zero attached hydrogens (tertiary/aromatic N) is 4. The van der Waals surface area contributed by atoms with Crippen LogP contribution in [0.5, 0.6) is 5.75 Å². The predicted octanol–water partition coefficient (Wildman–Crippen LogP) is 2.98. The molecule has 8 heteroatoms. The van der Waals surface area contributed by atoms with Gasteiger partial charge >= 0.3 is 5.63 Å². The van der Waals surface area contributed by atoms with Crippen molar-refractivity contribution >= 4 is 22.7 Å². The summed E-state index contributed by atoms with van der Waals surface area (Å²) in [5.74, 6) is 1.33. The van der Waals surface area contributed by atoms with Crippen molar-refractivity contribution in [3.8, 4) is 17.1 Å². The first-order valence-corrected chi connectivity index (χ1v) is 8.79. The van der Waals surface area contributed by atoms with Gasteiger partial charge in [-0.3, -0.25) is 4.98 Å². The third-order valence-corrected chi connectivity index (χ3v) is 5.01. The molecule has 0 fully saturated rings. The second kappa shape index (κ2) is 6.64. The van der Waals surface area contributed by atoms with Crippen molar-refractivity contribution in [1.82, 2.24) is 19.7 Å². The number of rotatable bonds is 4. The van der Waals surface area contributed by atoms with Crippen LogP contribution in [0.4, 0.5) is 0 Å². The van der Waals surface area contributed by atoms with Crippen LogP contribution in [0.15, 0.2) is 63.2 Å². The molecule has 1 aromatic carbocycles. The van der Waals surface area contributed by atoms with Crippen LogP contribution >= 0.6 is 11.8 Å². The molecule has 4 rings (SSSR count). The number of fused-ring (bicyclic) bond motifs is 1. The van der Waals surface area contributed by atoms with E-state index in [9.17, 15) is 9.90 Å². The Kier molecular flexibility index (Phi) is 4.18. The minimum absolute atomic E-state index is 0.0562. The Balaban J connectivity index is 1.64. The molecule has 4 aromatic rings. The molecule has 0 atom stereocenters. The Hall–Kier alpha value is -3.13. The van der Waals surface area contributed by atoms with Crippen molar-refractivity contribution in [2.24, 2.45) is 7.05 Å². The highest BCUT2D eigenvalue weighted by atomic mass is 32.2. The molecule has 130 valence electrons. The van der Waals surface area contributed by atoms with Crippen LogP contribution in [-0.2, 0) is 12.8 Å². The number of pyridine rings is 1. The van der Waals surface area contributed by atoms with E-state index < -0.39 is 5.63 Å². The quantitative estimate of drug-likeness (QED) is 0.438. The first-order chi connectivity index (χ1) is 12.6. The Bertz CT molecular complexity index is 1140. The van der Waals surface area contributed by atoms with E-state index in [0.29, 0.717) is 11.3 Å². The van der Waals surface area contributed by atoms with Gasteiger partial charge < -0.3 is 14.1 Å². The monoisotopic (exact) mass is 366 g/mol. The summed E-state index contributed by atoms with van der Waals surface area (Å²) in [7, 11) is 1.90. The van der Waals surface area contributed by atoms with Crippen molar-refractivity contribution in [3.63, 3.8) is 0 Å². The topological polar surface area (TPSA) is 94.0 Å². The van der Waals surface area contributed by atoms with Gasteiger partial charge in [0.2, 0.25) is 0 Å². The van der Waals surface area contributed by atoms with Crippen LogP contribution in [0.3, 0.4) is 0 Å². The van der Waals surface area contributed by atoms with Crippen LogP contribution in [0.2, 0.25) is 0 Å². The largest absolute Gasteiger partial charge is 0.508 e. The van der Waals surface area contributed by atoms with Gasteiger partial charge in [0.1, 0.15) is 11.3 Å². The van der Waals surface area contributed by atoms with Crippen molar-refractivity contribution in [1.29, 1.82) is 0 Å². The lowest BCUT2D eigenvalue weighted by atomic mass is 10.1. The van der Waals surface area contributed by atoms with Crippen LogP contribution in [0.25, 0.3) is 22.4 Å². The minimum Gasteiger partial charge on any atom is -0.508 e. The van der Waals surface area contributed by atoms with Crippen LogP contribution in [0, 0.1) is 0 Å². The predicted molar refractivity (Wildman–Crippen MR) is 97.9 cm³/mol. The third kappa shape index (κ3) is 3.06. The molecule has 0 aliphatic heterocycles. The number of aromatic nitrogens is 4. The Morgan fingerprint density at radius 1 is 1.15 bits per heavy atom. The molecule has 0 saturated carbocycles. The fourth-order valence-corrected chi connectivity index (χ4v) is 3.58. The number of hydrogen-bond donors (Lipinski definition) is 1. The lowest BCUT2D eigenvalue weighted by Gasteiger charge is -2.06. The third-order valence-electron chi connectivity index (χ3n) is 3.94. The Morgan fingerprint density at radius 2 is 1.96 bits per heavy atom. The SMILES string of the molecule is Cn1c(SCc2cc(=O)oc3cc(O)ccc23)nnc1-c1ccncc1. The molecule has 3 aromatic heterocycles. The van der Waals surface area contributed by atoms with Gasteiger partial charge in [-0.25, -0.2) is 4.79 Å². The summed E-state index contributed by atoms with van der Waals surface area (Å²) in [5.41, 5.74) is 1.66. The minimum atomic E-state index is -0.450. The Labute approximate surface area is 152 Å². The Morgan fingerprint density at radius 3 is 2.77 bits per heavy atom. The first kappa shape index (κ1) is 16.3. The number of thioether (sulfide) groups is 1. The molecule has 0 spiro atoms. The van der Waals surface area contributed by atoms with E-state index in [0.717, 1.165) is 27.5 Å². The molecule has 0 aliphatic rings. The van der Waals surface area contributed by atoms with Gasteiger partial charge in [-0.15, -0.1) is 10.2 Å². The first-order valence-electron chi connectivity index (χ1n) is 7.80. The number of phenolic OH excluding ortho intramolecular Hbond substituents is 1.